The third-order valence-electron chi connectivity index (χ3n) is 1.88. The fourth-order valence-electron chi connectivity index (χ4n) is 1.14. The minimum atomic E-state index is -0.911. The highest BCUT2D eigenvalue weighted by Gasteiger charge is 2.02. The third-order valence-corrected chi connectivity index (χ3v) is 1.88. The van der Waals surface area contributed by atoms with E-state index in [1.54, 1.807) is 24.3 Å². The van der Waals surface area contributed by atoms with Crippen molar-refractivity contribution in [2.75, 3.05) is 18.5 Å². The Morgan fingerprint density at radius 3 is 2.56 bits per heavy atom. The van der Waals surface area contributed by atoms with Crippen molar-refractivity contribution in [3.05, 3.63) is 29.8 Å². The molecule has 0 saturated carbocycles. The molecule has 0 saturated heterocycles. The van der Waals surface area contributed by atoms with Crippen molar-refractivity contribution >= 4 is 17.6 Å². The molecule has 16 heavy (non-hydrogen) atoms. The first-order valence-electron chi connectivity index (χ1n) is 4.91. The van der Waals surface area contributed by atoms with Gasteiger partial charge in [0, 0.05) is 11.3 Å². The predicted molar refractivity (Wildman–Crippen MR) is 61.0 cm³/mol. The number of hydrogen-bond acceptors (Lipinski definition) is 4. The van der Waals surface area contributed by atoms with Crippen molar-refractivity contribution in [1.29, 1.82) is 5.41 Å². The van der Waals surface area contributed by atoms with E-state index in [0.29, 0.717) is 17.9 Å². The number of carbonyl (C=O) groups is 1. The fourth-order valence-corrected chi connectivity index (χ4v) is 1.14. The zero-order valence-corrected chi connectivity index (χ0v) is 8.99. The van der Waals surface area contributed by atoms with Crippen LogP contribution in [0.3, 0.4) is 0 Å². The summed E-state index contributed by atoms with van der Waals surface area (Å²) in [6.07, 6.45) is 0. The lowest BCUT2D eigenvalue weighted by atomic mass is 10.2. The first-order chi connectivity index (χ1) is 7.63. The van der Waals surface area contributed by atoms with Gasteiger partial charge >= 0.3 is 5.97 Å². The van der Waals surface area contributed by atoms with Gasteiger partial charge in [0.2, 0.25) is 5.90 Å². The highest BCUT2D eigenvalue weighted by molar-refractivity contribution is 5.92. The van der Waals surface area contributed by atoms with Crippen LogP contribution in [-0.2, 0) is 9.53 Å². The predicted octanol–water partition coefficient (Wildman–Crippen LogP) is 1.54. The topological polar surface area (TPSA) is 82.4 Å². The first-order valence-corrected chi connectivity index (χ1v) is 4.91. The van der Waals surface area contributed by atoms with Crippen molar-refractivity contribution in [3.8, 4) is 0 Å². The Hall–Kier alpha value is -2.04. The van der Waals surface area contributed by atoms with Crippen molar-refractivity contribution < 1.29 is 14.6 Å². The smallest absolute Gasteiger partial charge is 0.322 e. The molecule has 1 aromatic rings. The largest absolute Gasteiger partial charge is 0.480 e. The van der Waals surface area contributed by atoms with Gasteiger partial charge in [-0.05, 0) is 31.2 Å². The van der Waals surface area contributed by atoms with Crippen LogP contribution in [0.1, 0.15) is 12.5 Å². The molecule has 1 aromatic carbocycles. The van der Waals surface area contributed by atoms with E-state index in [0.717, 1.165) is 0 Å². The molecule has 0 fully saturated rings. The molecule has 0 spiro atoms. The lowest BCUT2D eigenvalue weighted by molar-refractivity contribution is -0.134. The molecule has 0 heterocycles. The molecule has 5 heteroatoms. The Bertz CT molecular complexity index is 373. The number of anilines is 1. The van der Waals surface area contributed by atoms with Gasteiger partial charge in [-0.3, -0.25) is 10.2 Å². The zero-order valence-electron chi connectivity index (χ0n) is 8.99. The molecule has 86 valence electrons. The van der Waals surface area contributed by atoms with E-state index in [1.165, 1.54) is 0 Å². The highest BCUT2D eigenvalue weighted by atomic mass is 16.5. The average Bonchev–Trinajstić information content (AvgIpc) is 2.27. The monoisotopic (exact) mass is 222 g/mol. The molecule has 0 atom stereocenters. The van der Waals surface area contributed by atoms with E-state index in [4.69, 9.17) is 15.3 Å². The lowest BCUT2D eigenvalue weighted by Gasteiger charge is -2.06. The summed E-state index contributed by atoms with van der Waals surface area (Å²) in [7, 11) is 0. The Labute approximate surface area is 93.6 Å². The molecule has 5 nitrogen and oxygen atoms in total. The number of carboxylic acid groups (broad SMARTS) is 1. The van der Waals surface area contributed by atoms with Gasteiger partial charge in [-0.2, -0.15) is 0 Å². The number of ether oxygens (including phenoxy) is 1. The summed E-state index contributed by atoms with van der Waals surface area (Å²) in [6.45, 7) is 2.15. The number of hydrogen-bond donors (Lipinski definition) is 3. The number of nitrogens with one attached hydrogen (secondary N) is 2. The molecule has 3 N–H and O–H groups in total. The Kier molecular flexibility index (Phi) is 4.32. The Morgan fingerprint density at radius 2 is 2.06 bits per heavy atom. The quantitative estimate of drug-likeness (QED) is 0.521. The van der Waals surface area contributed by atoms with Crippen LogP contribution in [-0.4, -0.2) is 30.1 Å². The van der Waals surface area contributed by atoms with E-state index in [2.05, 4.69) is 5.32 Å². The summed E-state index contributed by atoms with van der Waals surface area (Å²) < 4.78 is 5.03. The molecular formula is C11H14N2O3. The van der Waals surface area contributed by atoms with Gasteiger partial charge in [0.05, 0.1) is 6.61 Å². The summed E-state index contributed by atoms with van der Waals surface area (Å²) in [6, 6.07) is 6.85. The fraction of sp³-hybridized carbons (Fsp3) is 0.273. The molecule has 0 aromatic heterocycles. The molecule has 0 aliphatic carbocycles. The molecule has 1 rings (SSSR count). The molecule has 0 aliphatic heterocycles. The number of aliphatic carboxylic acids is 1. The van der Waals surface area contributed by atoms with Crippen LogP contribution in [0.15, 0.2) is 24.3 Å². The van der Waals surface area contributed by atoms with Gasteiger partial charge < -0.3 is 15.2 Å². The molecule has 0 aliphatic rings. The molecule has 0 amide bonds. The second-order valence-corrected chi connectivity index (χ2v) is 3.09. The second kappa shape index (κ2) is 5.75. The summed E-state index contributed by atoms with van der Waals surface area (Å²) in [4.78, 5) is 10.3. The van der Waals surface area contributed by atoms with Gasteiger partial charge in [-0.1, -0.05) is 0 Å². The van der Waals surface area contributed by atoms with Gasteiger partial charge in [-0.15, -0.1) is 0 Å². The minimum Gasteiger partial charge on any atom is -0.480 e. The van der Waals surface area contributed by atoms with Crippen LogP contribution in [0.4, 0.5) is 5.69 Å². The maximum atomic E-state index is 10.3. The van der Waals surface area contributed by atoms with Gasteiger partial charge in [0.15, 0.2) is 0 Å². The van der Waals surface area contributed by atoms with Crippen molar-refractivity contribution in [1.82, 2.24) is 0 Å². The van der Waals surface area contributed by atoms with Gasteiger partial charge in [0.1, 0.15) is 6.54 Å². The van der Waals surface area contributed by atoms with E-state index < -0.39 is 5.97 Å². The maximum absolute atomic E-state index is 10.3. The average molecular weight is 222 g/mol. The second-order valence-electron chi connectivity index (χ2n) is 3.09. The molecule has 0 radical (unpaired) electrons. The van der Waals surface area contributed by atoms with Crippen molar-refractivity contribution in [3.63, 3.8) is 0 Å². The Balaban J connectivity index is 2.60. The molecule has 0 unspecified atom stereocenters. The van der Waals surface area contributed by atoms with Crippen molar-refractivity contribution in [2.45, 2.75) is 6.92 Å². The summed E-state index contributed by atoms with van der Waals surface area (Å²) in [5.74, 6) is -0.793. The summed E-state index contributed by atoms with van der Waals surface area (Å²) in [5, 5.41) is 18.7. The van der Waals surface area contributed by atoms with Gasteiger partial charge in [0.25, 0.3) is 0 Å². The van der Waals surface area contributed by atoms with E-state index in [-0.39, 0.29) is 12.4 Å². The molecular weight excluding hydrogens is 208 g/mol. The number of benzene rings is 1. The minimum absolute atomic E-state index is 0.118. The molecule has 0 bridgehead atoms. The van der Waals surface area contributed by atoms with Crippen LogP contribution >= 0.6 is 0 Å². The van der Waals surface area contributed by atoms with Crippen molar-refractivity contribution in [2.24, 2.45) is 0 Å². The zero-order chi connectivity index (χ0) is 12.0. The summed E-state index contributed by atoms with van der Waals surface area (Å²) in [5.41, 5.74) is 1.37. The van der Waals surface area contributed by atoms with E-state index in [9.17, 15) is 4.79 Å². The van der Waals surface area contributed by atoms with Crippen LogP contribution in [0.2, 0.25) is 0 Å². The summed E-state index contributed by atoms with van der Waals surface area (Å²) >= 11 is 0. The van der Waals surface area contributed by atoms with Crippen LogP contribution in [0.5, 0.6) is 0 Å². The van der Waals surface area contributed by atoms with E-state index >= 15 is 0 Å². The normalized spacial score (nSPS) is 9.56. The maximum Gasteiger partial charge on any atom is 0.322 e. The number of carboxylic acids is 1. The standard InChI is InChI=1S/C11H14N2O3/c1-2-16-11(12)8-3-5-9(6-4-8)13-7-10(14)15/h3-6,12-13H,2,7H2,1H3,(H,14,15). The van der Waals surface area contributed by atoms with Crippen LogP contribution < -0.4 is 5.32 Å². The SMILES string of the molecule is CCOC(=N)c1ccc(NCC(=O)O)cc1. The van der Waals surface area contributed by atoms with Crippen LogP contribution in [0, 0.1) is 5.41 Å². The lowest BCUT2D eigenvalue weighted by Crippen LogP contribution is -2.12. The van der Waals surface area contributed by atoms with Crippen LogP contribution in [0.25, 0.3) is 0 Å². The van der Waals surface area contributed by atoms with E-state index in [1.807, 2.05) is 6.92 Å². The first kappa shape index (κ1) is 12.0. The third kappa shape index (κ3) is 3.61. The Morgan fingerprint density at radius 1 is 1.44 bits per heavy atom. The highest BCUT2D eigenvalue weighted by Crippen LogP contribution is 2.10. The van der Waals surface area contributed by atoms with Gasteiger partial charge in [-0.25, -0.2) is 0 Å². The number of rotatable bonds is 5.